The molecule has 0 radical (unpaired) electrons. The summed E-state index contributed by atoms with van der Waals surface area (Å²) in [5.41, 5.74) is 3.54. The van der Waals surface area contributed by atoms with Gasteiger partial charge in [0, 0.05) is 49.6 Å². The van der Waals surface area contributed by atoms with Crippen molar-refractivity contribution in [2.45, 2.75) is 25.8 Å². The van der Waals surface area contributed by atoms with Crippen molar-refractivity contribution < 1.29 is 4.79 Å². The van der Waals surface area contributed by atoms with Gasteiger partial charge in [0.15, 0.2) is 0 Å². The summed E-state index contributed by atoms with van der Waals surface area (Å²) in [5, 5.41) is 4.87. The maximum atomic E-state index is 11.6. The number of nitrogens with zero attached hydrogens (tertiary/aromatic N) is 5. The van der Waals surface area contributed by atoms with Crippen LogP contribution in [0.25, 0.3) is 22.2 Å². The van der Waals surface area contributed by atoms with Gasteiger partial charge in [0.25, 0.3) is 0 Å². The largest absolute Gasteiger partial charge is 0.343 e. The Balaban J connectivity index is 1.44. The van der Waals surface area contributed by atoms with E-state index in [-0.39, 0.29) is 5.91 Å². The highest BCUT2D eigenvalue weighted by Gasteiger charge is 2.19. The standard InChI is InChI=1S/C18H18ClN5O/c19-17-5-4-15-16(22-17)9-13(10-20-15)14-11-21-24(12-14)8-2-7-23-6-1-3-18(23)25/h4-5,9-12H,1-3,6-8H2. The molecule has 0 aromatic carbocycles. The molecule has 128 valence electrons. The number of hydrogen-bond acceptors (Lipinski definition) is 4. The average Bonchev–Trinajstić information content (AvgIpc) is 3.24. The molecule has 0 saturated carbocycles. The SMILES string of the molecule is O=C1CCCN1CCCn1cc(-c2cnc3ccc(Cl)nc3c2)cn1. The molecule has 3 aromatic rings. The lowest BCUT2D eigenvalue weighted by molar-refractivity contribution is -0.127. The molecule has 0 aliphatic carbocycles. The Morgan fingerprint density at radius 3 is 2.88 bits per heavy atom. The Bertz CT molecular complexity index is 923. The molecule has 7 heteroatoms. The molecule has 25 heavy (non-hydrogen) atoms. The van der Waals surface area contributed by atoms with E-state index in [0.29, 0.717) is 11.6 Å². The highest BCUT2D eigenvalue weighted by atomic mass is 35.5. The molecule has 1 aliphatic heterocycles. The molecule has 0 unspecified atom stereocenters. The fourth-order valence-electron chi connectivity index (χ4n) is 3.14. The first-order valence-corrected chi connectivity index (χ1v) is 8.80. The molecule has 0 atom stereocenters. The lowest BCUT2D eigenvalue weighted by Gasteiger charge is -2.14. The van der Waals surface area contributed by atoms with Crippen molar-refractivity contribution in [1.29, 1.82) is 0 Å². The van der Waals surface area contributed by atoms with Gasteiger partial charge in [-0.15, -0.1) is 0 Å². The van der Waals surface area contributed by atoms with Crippen LogP contribution in [0.3, 0.4) is 0 Å². The fourth-order valence-corrected chi connectivity index (χ4v) is 3.29. The van der Waals surface area contributed by atoms with Crippen molar-refractivity contribution >= 4 is 28.5 Å². The summed E-state index contributed by atoms with van der Waals surface area (Å²) in [6, 6.07) is 5.57. The van der Waals surface area contributed by atoms with Crippen LogP contribution in [0.15, 0.2) is 36.8 Å². The molecule has 0 bridgehead atoms. The van der Waals surface area contributed by atoms with Crippen LogP contribution in [0.4, 0.5) is 0 Å². The predicted octanol–water partition coefficient (Wildman–Crippen LogP) is 3.16. The van der Waals surface area contributed by atoms with Gasteiger partial charge in [-0.3, -0.25) is 14.5 Å². The zero-order valence-corrected chi connectivity index (χ0v) is 14.5. The van der Waals surface area contributed by atoms with Gasteiger partial charge in [-0.25, -0.2) is 4.98 Å². The lowest BCUT2D eigenvalue weighted by atomic mass is 10.1. The van der Waals surface area contributed by atoms with Gasteiger partial charge in [-0.05, 0) is 31.0 Å². The van der Waals surface area contributed by atoms with Crippen LogP contribution >= 0.6 is 11.6 Å². The Morgan fingerprint density at radius 2 is 2.04 bits per heavy atom. The Labute approximate surface area is 150 Å². The van der Waals surface area contributed by atoms with Crippen LogP contribution in [0.5, 0.6) is 0 Å². The Morgan fingerprint density at radius 1 is 1.12 bits per heavy atom. The van der Waals surface area contributed by atoms with E-state index in [2.05, 4.69) is 15.1 Å². The second kappa shape index (κ2) is 6.80. The third-order valence-electron chi connectivity index (χ3n) is 4.46. The fraction of sp³-hybridized carbons (Fsp3) is 0.333. The maximum Gasteiger partial charge on any atom is 0.222 e. The van der Waals surface area contributed by atoms with Crippen molar-refractivity contribution in [3.63, 3.8) is 0 Å². The monoisotopic (exact) mass is 355 g/mol. The van der Waals surface area contributed by atoms with Crippen molar-refractivity contribution in [2.24, 2.45) is 0 Å². The van der Waals surface area contributed by atoms with E-state index in [9.17, 15) is 4.79 Å². The minimum atomic E-state index is 0.273. The number of carbonyl (C=O) groups is 1. The molecule has 3 aromatic heterocycles. The van der Waals surface area contributed by atoms with E-state index in [1.54, 1.807) is 6.07 Å². The van der Waals surface area contributed by atoms with E-state index < -0.39 is 0 Å². The smallest absolute Gasteiger partial charge is 0.222 e. The first kappa shape index (κ1) is 16.0. The molecule has 4 heterocycles. The number of fused-ring (bicyclic) bond motifs is 1. The van der Waals surface area contributed by atoms with Crippen molar-refractivity contribution in [1.82, 2.24) is 24.6 Å². The van der Waals surface area contributed by atoms with Crippen LogP contribution in [0, 0.1) is 0 Å². The summed E-state index contributed by atoms with van der Waals surface area (Å²) in [4.78, 5) is 22.3. The number of halogens is 1. The minimum Gasteiger partial charge on any atom is -0.343 e. The predicted molar refractivity (Wildman–Crippen MR) is 96.2 cm³/mol. The van der Waals surface area contributed by atoms with Crippen LogP contribution in [-0.4, -0.2) is 43.6 Å². The van der Waals surface area contributed by atoms with Gasteiger partial charge in [0.2, 0.25) is 5.91 Å². The second-order valence-electron chi connectivity index (χ2n) is 6.23. The van der Waals surface area contributed by atoms with Gasteiger partial charge < -0.3 is 4.90 Å². The maximum absolute atomic E-state index is 11.6. The number of pyridine rings is 2. The molecule has 4 rings (SSSR count). The van der Waals surface area contributed by atoms with Crippen LogP contribution < -0.4 is 0 Å². The number of amides is 1. The second-order valence-corrected chi connectivity index (χ2v) is 6.61. The van der Waals surface area contributed by atoms with Crippen LogP contribution in [-0.2, 0) is 11.3 Å². The Kier molecular flexibility index (Phi) is 4.36. The average molecular weight is 356 g/mol. The zero-order chi connectivity index (χ0) is 17.2. The molecule has 0 N–H and O–H groups in total. The molecule has 1 fully saturated rings. The van der Waals surface area contributed by atoms with Crippen molar-refractivity contribution in [3.8, 4) is 11.1 Å². The van der Waals surface area contributed by atoms with Crippen LogP contribution in [0.2, 0.25) is 5.15 Å². The van der Waals surface area contributed by atoms with Crippen molar-refractivity contribution in [2.75, 3.05) is 13.1 Å². The van der Waals surface area contributed by atoms with Gasteiger partial charge in [-0.1, -0.05) is 11.6 Å². The quantitative estimate of drug-likeness (QED) is 0.659. The highest BCUT2D eigenvalue weighted by Crippen LogP contribution is 2.22. The van der Waals surface area contributed by atoms with Crippen LogP contribution in [0.1, 0.15) is 19.3 Å². The summed E-state index contributed by atoms with van der Waals surface area (Å²) in [6.45, 7) is 2.48. The molecular weight excluding hydrogens is 338 g/mol. The molecule has 1 saturated heterocycles. The van der Waals surface area contributed by atoms with E-state index in [1.165, 1.54) is 0 Å². The number of likely N-dealkylation sites (tertiary alicyclic amines) is 1. The zero-order valence-electron chi connectivity index (χ0n) is 13.7. The summed E-state index contributed by atoms with van der Waals surface area (Å²) in [7, 11) is 0. The number of rotatable bonds is 5. The van der Waals surface area contributed by atoms with E-state index in [4.69, 9.17) is 11.6 Å². The number of hydrogen-bond donors (Lipinski definition) is 0. The highest BCUT2D eigenvalue weighted by molar-refractivity contribution is 6.29. The third-order valence-corrected chi connectivity index (χ3v) is 4.67. The summed E-state index contributed by atoms with van der Waals surface area (Å²) < 4.78 is 1.91. The first-order chi connectivity index (χ1) is 12.2. The van der Waals surface area contributed by atoms with Gasteiger partial charge in [0.1, 0.15) is 5.15 Å². The van der Waals surface area contributed by atoms with Crippen molar-refractivity contribution in [3.05, 3.63) is 41.9 Å². The number of aryl methyl sites for hydroxylation is 1. The normalized spacial score (nSPS) is 14.6. The summed E-state index contributed by atoms with van der Waals surface area (Å²) in [6.07, 6.45) is 8.23. The molecular formula is C18H18ClN5O. The Hall–Kier alpha value is -2.47. The number of carbonyl (C=O) groups excluding carboxylic acids is 1. The van der Waals surface area contributed by atoms with Gasteiger partial charge >= 0.3 is 0 Å². The third kappa shape index (κ3) is 3.49. The summed E-state index contributed by atoms with van der Waals surface area (Å²) in [5.74, 6) is 0.273. The van der Waals surface area contributed by atoms with Gasteiger partial charge in [0.05, 0.1) is 17.2 Å². The molecule has 1 amide bonds. The van der Waals surface area contributed by atoms with E-state index in [1.807, 2.05) is 40.3 Å². The van der Waals surface area contributed by atoms with E-state index >= 15 is 0 Å². The molecule has 6 nitrogen and oxygen atoms in total. The molecule has 1 aliphatic rings. The van der Waals surface area contributed by atoms with E-state index in [0.717, 1.165) is 54.6 Å². The molecule has 0 spiro atoms. The lowest BCUT2D eigenvalue weighted by Crippen LogP contribution is -2.26. The first-order valence-electron chi connectivity index (χ1n) is 8.42. The number of aromatic nitrogens is 4. The summed E-state index contributed by atoms with van der Waals surface area (Å²) >= 11 is 5.96. The minimum absolute atomic E-state index is 0.273. The van der Waals surface area contributed by atoms with Gasteiger partial charge in [-0.2, -0.15) is 5.10 Å². The topological polar surface area (TPSA) is 63.9 Å².